The third-order valence-electron chi connectivity index (χ3n) is 7.98. The topological polar surface area (TPSA) is 169 Å². The van der Waals surface area contributed by atoms with Crippen LogP contribution in [-0.4, -0.2) is 46.5 Å². The fourth-order valence-corrected chi connectivity index (χ4v) is 7.84. The van der Waals surface area contributed by atoms with Crippen molar-refractivity contribution >= 4 is 53.2 Å². The zero-order valence-corrected chi connectivity index (χ0v) is 25.8. The van der Waals surface area contributed by atoms with Crippen LogP contribution in [0.1, 0.15) is 23.3 Å². The van der Waals surface area contributed by atoms with E-state index in [1.807, 2.05) is 0 Å². The summed E-state index contributed by atoms with van der Waals surface area (Å²) in [4.78, 5) is 27.3. The first-order chi connectivity index (χ1) is 18.9. The molecule has 1 aliphatic rings. The van der Waals surface area contributed by atoms with Gasteiger partial charge in [0.15, 0.2) is 22.7 Å². The molecule has 2 unspecified atom stereocenters. The standard InChI is InChI=1S/C28H24O11S.Na/c1-9-6-10-15-20-16(24(31)26(10)38-4)11(29)7-13(36-2)18(20)19-14(37-3)8-12(30)17-22(19)21(15)23(27(39-5)25(17)32)28(9)40(33,34)35;/h7-9,28,30-31H,6H2,1-5H3,(H,33,34,35);/q;+1/p-1. The second-order valence-corrected chi connectivity index (χ2v) is 11.4. The molecule has 0 bridgehead atoms. The molecule has 41 heavy (non-hydrogen) atoms. The Hall–Kier alpha value is -3.29. The summed E-state index contributed by atoms with van der Waals surface area (Å²) >= 11 is 0. The minimum absolute atomic E-state index is 0. The molecule has 0 fully saturated rings. The molecule has 0 heterocycles. The minimum atomic E-state index is -4.88. The molecule has 0 spiro atoms. The number of hydrogen-bond acceptors (Lipinski definition) is 10. The molecule has 1 aliphatic carbocycles. The minimum Gasteiger partial charge on any atom is -0.872 e. The second-order valence-electron chi connectivity index (χ2n) is 9.91. The van der Waals surface area contributed by atoms with Gasteiger partial charge in [0.05, 0.1) is 33.8 Å². The SMILES string of the molecule is COc1c(O)c2c(=O)cc(OC)c3c4c(OC)cc([O-])c5c(=O)c(OC)c6c(c(c1CC(C)C6S(=O)(=O)O)c23)c54.[Na+]. The van der Waals surface area contributed by atoms with Crippen LogP contribution in [-0.2, 0) is 16.5 Å². The summed E-state index contributed by atoms with van der Waals surface area (Å²) in [7, 11) is 0.243. The van der Waals surface area contributed by atoms with E-state index in [2.05, 4.69) is 0 Å². The third kappa shape index (κ3) is 3.61. The maximum Gasteiger partial charge on any atom is 1.00 e. The fraction of sp³-hybridized carbons (Fsp3) is 0.286. The van der Waals surface area contributed by atoms with Gasteiger partial charge in [-0.25, -0.2) is 0 Å². The van der Waals surface area contributed by atoms with Crippen LogP contribution in [0.15, 0.2) is 21.7 Å². The van der Waals surface area contributed by atoms with Gasteiger partial charge in [-0.05, 0) is 29.2 Å². The van der Waals surface area contributed by atoms with Gasteiger partial charge in [0.2, 0.25) is 5.43 Å². The Labute approximate surface area is 254 Å². The van der Waals surface area contributed by atoms with E-state index in [0.29, 0.717) is 5.56 Å². The van der Waals surface area contributed by atoms with E-state index < -0.39 is 49.4 Å². The average Bonchev–Trinajstić information content (AvgIpc) is 3.02. The molecule has 208 valence electrons. The molecule has 2 N–H and O–H groups in total. The molecule has 13 heteroatoms. The van der Waals surface area contributed by atoms with Crippen molar-refractivity contribution in [2.24, 2.45) is 5.92 Å². The molecular weight excluding hydrogens is 567 g/mol. The van der Waals surface area contributed by atoms with Gasteiger partial charge in [-0.15, -0.1) is 0 Å². The van der Waals surface area contributed by atoms with Crippen LogP contribution in [0.4, 0.5) is 0 Å². The molecule has 0 saturated heterocycles. The first-order valence-electron chi connectivity index (χ1n) is 12.2. The van der Waals surface area contributed by atoms with Crippen LogP contribution >= 0.6 is 0 Å². The molecule has 0 amide bonds. The number of fused-ring (bicyclic) bond motifs is 1. The number of methoxy groups -OCH3 is 4. The maximum absolute atomic E-state index is 13.9. The first kappa shape index (κ1) is 29.2. The Kier molecular flexibility index (Phi) is 6.86. The van der Waals surface area contributed by atoms with Crippen LogP contribution in [0, 0.1) is 5.92 Å². The number of rotatable bonds is 5. The Morgan fingerprint density at radius 2 is 1.37 bits per heavy atom. The largest absolute Gasteiger partial charge is 1.00 e. The van der Waals surface area contributed by atoms with E-state index >= 15 is 0 Å². The quantitative estimate of drug-likeness (QED) is 0.121. The summed E-state index contributed by atoms with van der Waals surface area (Å²) in [5.41, 5.74) is -1.30. The van der Waals surface area contributed by atoms with Crippen molar-refractivity contribution in [3.05, 3.63) is 43.7 Å². The summed E-state index contributed by atoms with van der Waals surface area (Å²) in [6.07, 6.45) is -0.0612. The van der Waals surface area contributed by atoms with Crippen molar-refractivity contribution in [1.82, 2.24) is 0 Å². The van der Waals surface area contributed by atoms with E-state index in [-0.39, 0.29) is 102 Å². The molecule has 5 aromatic carbocycles. The van der Waals surface area contributed by atoms with E-state index in [9.17, 15) is 32.8 Å². The van der Waals surface area contributed by atoms with E-state index in [4.69, 9.17) is 18.9 Å². The smallest absolute Gasteiger partial charge is 0.872 e. The molecule has 5 aromatic rings. The van der Waals surface area contributed by atoms with Crippen LogP contribution in [0.3, 0.4) is 0 Å². The van der Waals surface area contributed by atoms with Crippen molar-refractivity contribution in [1.29, 1.82) is 0 Å². The van der Waals surface area contributed by atoms with Crippen LogP contribution in [0.5, 0.6) is 34.5 Å². The number of phenols is 1. The van der Waals surface area contributed by atoms with Gasteiger partial charge >= 0.3 is 29.6 Å². The normalized spacial score (nSPS) is 16.8. The number of benzene rings is 5. The van der Waals surface area contributed by atoms with Crippen molar-refractivity contribution in [2.75, 3.05) is 28.4 Å². The summed E-state index contributed by atoms with van der Waals surface area (Å²) in [6.45, 7) is 1.56. The maximum atomic E-state index is 13.9. The number of phenolic OH excluding ortho intramolecular Hbond substituents is 1. The van der Waals surface area contributed by atoms with Gasteiger partial charge in [-0.2, -0.15) is 8.42 Å². The predicted molar refractivity (Wildman–Crippen MR) is 146 cm³/mol. The average molecular weight is 591 g/mol. The molecule has 0 saturated carbocycles. The molecule has 0 radical (unpaired) electrons. The zero-order chi connectivity index (χ0) is 29.0. The van der Waals surface area contributed by atoms with Gasteiger partial charge < -0.3 is 29.2 Å². The molecule has 0 aromatic heterocycles. The summed E-state index contributed by atoms with van der Waals surface area (Å²) in [6, 6.07) is 2.30. The fourth-order valence-electron chi connectivity index (χ4n) is 6.63. The van der Waals surface area contributed by atoms with E-state index in [0.717, 1.165) is 6.07 Å². The van der Waals surface area contributed by atoms with Crippen molar-refractivity contribution in [3.8, 4) is 34.5 Å². The van der Waals surface area contributed by atoms with E-state index in [1.165, 1.54) is 34.5 Å². The molecule has 6 rings (SSSR count). The molecule has 0 aliphatic heterocycles. The van der Waals surface area contributed by atoms with Crippen LogP contribution in [0.2, 0.25) is 0 Å². The Bertz CT molecular complexity index is 2140. The van der Waals surface area contributed by atoms with Gasteiger partial charge in [0.1, 0.15) is 16.7 Å². The predicted octanol–water partition coefficient (Wildman–Crippen LogP) is -0.166. The van der Waals surface area contributed by atoms with Crippen molar-refractivity contribution in [3.63, 3.8) is 0 Å². The second kappa shape index (κ2) is 9.63. The summed E-state index contributed by atoms with van der Waals surface area (Å²) in [5.74, 6) is -2.42. The molecule has 2 atom stereocenters. The summed E-state index contributed by atoms with van der Waals surface area (Å²) < 4.78 is 58.7. The number of hydrogen-bond donors (Lipinski definition) is 2. The summed E-state index contributed by atoms with van der Waals surface area (Å²) in [5, 5.41) is 23.8. The van der Waals surface area contributed by atoms with Gasteiger partial charge in [0.25, 0.3) is 10.1 Å². The van der Waals surface area contributed by atoms with Gasteiger partial charge in [0, 0.05) is 44.1 Å². The molecule has 11 nitrogen and oxygen atoms in total. The Balaban J connectivity index is 0.00000337. The Morgan fingerprint density at radius 3 is 1.90 bits per heavy atom. The van der Waals surface area contributed by atoms with Gasteiger partial charge in [-0.3, -0.25) is 14.1 Å². The number of ether oxygens (including phenoxy) is 4. The monoisotopic (exact) mass is 590 g/mol. The van der Waals surface area contributed by atoms with Crippen LogP contribution < -0.4 is 64.5 Å². The van der Waals surface area contributed by atoms with Crippen molar-refractivity contribution < 1.29 is 71.7 Å². The third-order valence-corrected chi connectivity index (χ3v) is 9.32. The zero-order valence-electron chi connectivity index (χ0n) is 23.0. The molecular formula is C28H23NaO11S. The van der Waals surface area contributed by atoms with Gasteiger partial charge in [-0.1, -0.05) is 12.7 Å². The first-order valence-corrected chi connectivity index (χ1v) is 13.7. The van der Waals surface area contributed by atoms with E-state index in [1.54, 1.807) is 6.92 Å². The Morgan fingerprint density at radius 1 is 0.805 bits per heavy atom. The van der Waals surface area contributed by atoms with Crippen molar-refractivity contribution in [2.45, 2.75) is 18.6 Å². The van der Waals surface area contributed by atoms with Crippen LogP contribution in [0.25, 0.3) is 43.1 Å². The number of aromatic hydroxyl groups is 1.